The molecule has 0 heterocycles. The zero-order valence-corrected chi connectivity index (χ0v) is 16.7. The number of methoxy groups -OCH3 is 2. The summed E-state index contributed by atoms with van der Waals surface area (Å²) in [6.07, 6.45) is 0. The Kier molecular flexibility index (Phi) is 6.37. The third kappa shape index (κ3) is 4.22. The van der Waals surface area contributed by atoms with Gasteiger partial charge in [-0.1, -0.05) is 0 Å². The van der Waals surface area contributed by atoms with Gasteiger partial charge in [0.1, 0.15) is 16.4 Å². The molecule has 0 aliphatic carbocycles. The summed E-state index contributed by atoms with van der Waals surface area (Å²) in [5, 5.41) is 0. The Labute approximate surface area is 155 Å². The van der Waals surface area contributed by atoms with E-state index in [9.17, 15) is 8.42 Å². The van der Waals surface area contributed by atoms with Gasteiger partial charge in [-0.2, -0.15) is 0 Å². The fourth-order valence-corrected chi connectivity index (χ4v) is 4.03. The summed E-state index contributed by atoms with van der Waals surface area (Å²) < 4.78 is 38.6. The molecule has 7 heteroatoms. The average Bonchev–Trinajstić information content (AvgIpc) is 2.64. The number of nitrogens with one attached hydrogen (secondary N) is 1. The predicted molar refractivity (Wildman–Crippen MR) is 105 cm³/mol. The molecule has 26 heavy (non-hydrogen) atoms. The number of sulfonamides is 1. The van der Waals surface area contributed by atoms with Crippen LogP contribution >= 0.6 is 0 Å². The number of aryl methyl sites for hydroxylation is 1. The third-order valence-corrected chi connectivity index (χ3v) is 5.65. The first-order valence-electron chi connectivity index (χ1n) is 8.46. The van der Waals surface area contributed by atoms with Crippen molar-refractivity contribution in [3.8, 4) is 11.5 Å². The van der Waals surface area contributed by atoms with E-state index in [-0.39, 0.29) is 10.6 Å². The van der Waals surface area contributed by atoms with Crippen LogP contribution in [0.1, 0.15) is 19.4 Å². The maximum absolute atomic E-state index is 12.8. The van der Waals surface area contributed by atoms with Crippen molar-refractivity contribution in [2.75, 3.05) is 36.9 Å². The van der Waals surface area contributed by atoms with E-state index in [1.54, 1.807) is 18.2 Å². The number of hydrogen-bond acceptors (Lipinski definition) is 5. The highest BCUT2D eigenvalue weighted by Gasteiger charge is 2.21. The summed E-state index contributed by atoms with van der Waals surface area (Å²) in [7, 11) is -0.848. The Balaban J connectivity index is 2.35. The van der Waals surface area contributed by atoms with Crippen molar-refractivity contribution in [1.82, 2.24) is 0 Å². The fraction of sp³-hybridized carbons (Fsp3) is 0.368. The van der Waals surface area contributed by atoms with Crippen LogP contribution in [-0.2, 0) is 10.0 Å². The molecule has 1 N–H and O–H groups in total. The number of benzene rings is 2. The van der Waals surface area contributed by atoms with E-state index >= 15 is 0 Å². The molecular formula is C19H26N2O4S. The zero-order chi connectivity index (χ0) is 19.3. The summed E-state index contributed by atoms with van der Waals surface area (Å²) in [5.41, 5.74) is 2.46. The van der Waals surface area contributed by atoms with Crippen LogP contribution in [0.5, 0.6) is 11.5 Å². The highest BCUT2D eigenvalue weighted by atomic mass is 32.2. The van der Waals surface area contributed by atoms with Crippen molar-refractivity contribution in [3.63, 3.8) is 0 Å². The van der Waals surface area contributed by atoms with Gasteiger partial charge in [0.05, 0.1) is 19.9 Å². The number of hydrogen-bond donors (Lipinski definition) is 1. The van der Waals surface area contributed by atoms with Gasteiger partial charge in [-0.3, -0.25) is 4.72 Å². The van der Waals surface area contributed by atoms with Gasteiger partial charge in [0.15, 0.2) is 0 Å². The standard InChI is InChI=1S/C19H26N2O4S/c1-6-21(7-2)15-8-10-17(14(3)12-15)20-26(22,23)19-11-9-16(24-4)13-18(19)25-5/h8-13,20H,6-7H2,1-5H3. The van der Waals surface area contributed by atoms with Crippen LogP contribution in [0.3, 0.4) is 0 Å². The van der Waals surface area contributed by atoms with Crippen LogP contribution in [0.25, 0.3) is 0 Å². The summed E-state index contributed by atoms with van der Waals surface area (Å²) in [4.78, 5) is 2.27. The summed E-state index contributed by atoms with van der Waals surface area (Å²) >= 11 is 0. The van der Waals surface area contributed by atoms with E-state index in [0.29, 0.717) is 11.4 Å². The molecule has 0 fully saturated rings. The Morgan fingerprint density at radius 1 is 1.00 bits per heavy atom. The molecule has 2 aromatic carbocycles. The van der Waals surface area contributed by atoms with Gasteiger partial charge in [-0.05, 0) is 56.7 Å². The molecule has 0 unspecified atom stereocenters. The highest BCUT2D eigenvalue weighted by Crippen LogP contribution is 2.31. The molecular weight excluding hydrogens is 352 g/mol. The van der Waals surface area contributed by atoms with Gasteiger partial charge in [-0.15, -0.1) is 0 Å². The van der Waals surface area contributed by atoms with E-state index in [0.717, 1.165) is 24.3 Å². The van der Waals surface area contributed by atoms with Crippen LogP contribution in [0.15, 0.2) is 41.3 Å². The number of rotatable bonds is 8. The van der Waals surface area contributed by atoms with E-state index in [1.165, 1.54) is 20.3 Å². The second-order valence-corrected chi connectivity index (χ2v) is 7.44. The summed E-state index contributed by atoms with van der Waals surface area (Å²) in [6.45, 7) is 7.85. The minimum Gasteiger partial charge on any atom is -0.497 e. The Hall–Kier alpha value is -2.41. The quantitative estimate of drug-likeness (QED) is 0.759. The van der Waals surface area contributed by atoms with Gasteiger partial charge >= 0.3 is 0 Å². The van der Waals surface area contributed by atoms with Gasteiger partial charge < -0.3 is 14.4 Å². The molecule has 0 radical (unpaired) electrons. The highest BCUT2D eigenvalue weighted by molar-refractivity contribution is 7.92. The normalized spacial score (nSPS) is 11.1. The lowest BCUT2D eigenvalue weighted by atomic mass is 10.1. The van der Waals surface area contributed by atoms with Crippen LogP contribution in [0, 0.1) is 6.92 Å². The number of anilines is 2. The Bertz CT molecular complexity index is 862. The van der Waals surface area contributed by atoms with Gasteiger partial charge in [-0.25, -0.2) is 8.42 Å². The molecule has 0 spiro atoms. The van der Waals surface area contributed by atoms with Crippen LogP contribution in [-0.4, -0.2) is 35.7 Å². The molecule has 2 aromatic rings. The van der Waals surface area contributed by atoms with Crippen LogP contribution in [0.4, 0.5) is 11.4 Å². The summed E-state index contributed by atoms with van der Waals surface area (Å²) in [5.74, 6) is 0.759. The maximum atomic E-state index is 12.8. The molecule has 0 saturated heterocycles. The van der Waals surface area contributed by atoms with Gasteiger partial charge in [0, 0.05) is 24.8 Å². The van der Waals surface area contributed by atoms with Gasteiger partial charge in [0.25, 0.3) is 10.0 Å². The lowest BCUT2D eigenvalue weighted by Crippen LogP contribution is -2.22. The van der Waals surface area contributed by atoms with Gasteiger partial charge in [0.2, 0.25) is 0 Å². The third-order valence-electron chi connectivity index (χ3n) is 4.24. The average molecular weight is 378 g/mol. The van der Waals surface area contributed by atoms with Crippen molar-refractivity contribution in [2.24, 2.45) is 0 Å². The molecule has 0 aromatic heterocycles. The SMILES string of the molecule is CCN(CC)c1ccc(NS(=O)(=O)c2ccc(OC)cc2OC)c(C)c1. The van der Waals surface area contributed by atoms with Crippen LogP contribution in [0.2, 0.25) is 0 Å². The Morgan fingerprint density at radius 2 is 1.69 bits per heavy atom. The number of nitrogens with zero attached hydrogens (tertiary/aromatic N) is 1. The van der Waals surface area contributed by atoms with Crippen molar-refractivity contribution in [1.29, 1.82) is 0 Å². The lowest BCUT2D eigenvalue weighted by molar-refractivity contribution is 0.386. The lowest BCUT2D eigenvalue weighted by Gasteiger charge is -2.22. The number of ether oxygens (including phenoxy) is 2. The first-order valence-corrected chi connectivity index (χ1v) is 9.95. The largest absolute Gasteiger partial charge is 0.497 e. The molecule has 0 saturated carbocycles. The first kappa shape index (κ1) is 19.9. The molecule has 0 atom stereocenters. The zero-order valence-electron chi connectivity index (χ0n) is 15.9. The molecule has 2 rings (SSSR count). The second kappa shape index (κ2) is 8.31. The first-order chi connectivity index (χ1) is 12.4. The maximum Gasteiger partial charge on any atom is 0.265 e. The van der Waals surface area contributed by atoms with Crippen molar-refractivity contribution in [3.05, 3.63) is 42.0 Å². The Morgan fingerprint density at radius 3 is 2.23 bits per heavy atom. The van der Waals surface area contributed by atoms with E-state index in [2.05, 4.69) is 23.5 Å². The van der Waals surface area contributed by atoms with Crippen molar-refractivity contribution in [2.45, 2.75) is 25.7 Å². The molecule has 0 bridgehead atoms. The van der Waals surface area contributed by atoms with E-state index in [1.807, 2.05) is 19.1 Å². The predicted octanol–water partition coefficient (Wildman–Crippen LogP) is 3.66. The minimum atomic E-state index is -3.79. The minimum absolute atomic E-state index is 0.0630. The topological polar surface area (TPSA) is 67.9 Å². The smallest absolute Gasteiger partial charge is 0.265 e. The molecule has 0 amide bonds. The van der Waals surface area contributed by atoms with Crippen LogP contribution < -0.4 is 19.1 Å². The van der Waals surface area contributed by atoms with Crippen molar-refractivity contribution >= 4 is 21.4 Å². The fourth-order valence-electron chi connectivity index (χ4n) is 2.74. The molecule has 142 valence electrons. The molecule has 6 nitrogen and oxygen atoms in total. The summed E-state index contributed by atoms with van der Waals surface area (Å²) in [6, 6.07) is 10.3. The molecule has 0 aliphatic heterocycles. The van der Waals surface area contributed by atoms with E-state index < -0.39 is 10.0 Å². The van der Waals surface area contributed by atoms with Crippen molar-refractivity contribution < 1.29 is 17.9 Å². The molecule has 0 aliphatic rings. The monoisotopic (exact) mass is 378 g/mol. The second-order valence-electron chi connectivity index (χ2n) is 5.79. The van der Waals surface area contributed by atoms with E-state index in [4.69, 9.17) is 9.47 Å².